The summed E-state index contributed by atoms with van der Waals surface area (Å²) in [5, 5.41) is 0. The third-order valence-corrected chi connectivity index (χ3v) is 7.61. The summed E-state index contributed by atoms with van der Waals surface area (Å²) in [5.41, 5.74) is 3.64. The SMILES string of the molecule is CC(=C/C(C)=C\[C@]1(C)O[C@@H](C)[C@]2(C)O[C@@H]21)/C=C(C)\C=C(C)/C=C(\C)[C@@H]1OC(=O)C(C)(C)C(=O)[C@H]1C. The molecule has 0 aliphatic carbocycles. The Kier molecular flexibility index (Phi) is 7.29. The topological polar surface area (TPSA) is 65.1 Å². The third kappa shape index (κ3) is 5.31. The van der Waals surface area contributed by atoms with E-state index < -0.39 is 23.1 Å². The largest absolute Gasteiger partial charge is 0.456 e. The summed E-state index contributed by atoms with van der Waals surface area (Å²) in [6, 6.07) is 0. The van der Waals surface area contributed by atoms with Crippen LogP contribution >= 0.6 is 0 Å². The Morgan fingerprint density at radius 1 is 0.771 bits per heavy atom. The maximum atomic E-state index is 12.6. The first-order valence-electron chi connectivity index (χ1n) is 12.5. The molecule has 3 saturated heterocycles. The van der Waals surface area contributed by atoms with Crippen molar-refractivity contribution in [2.24, 2.45) is 11.3 Å². The van der Waals surface area contributed by atoms with E-state index in [9.17, 15) is 9.59 Å². The Bertz CT molecular complexity index is 1070. The molecular formula is C30H42O5. The van der Waals surface area contributed by atoms with Gasteiger partial charge in [0.2, 0.25) is 0 Å². The standard InChI is InChI=1S/C30H42O5/c1-17(12-18(2)14-20(4)16-29(10)26-30(11,35-26)23(7)34-29)13-19(3)15-21(5)24-22(6)25(31)28(8,9)27(32)33-24/h12-16,22-24,26H,1-11H3/b17-12-,18-14-,19-13-,20-16-,21-15+/t22-,23-,24-,26+,29-,30-/m0/s1. The van der Waals surface area contributed by atoms with E-state index in [0.29, 0.717) is 0 Å². The van der Waals surface area contributed by atoms with Crippen LogP contribution in [0.1, 0.15) is 76.2 Å². The summed E-state index contributed by atoms with van der Waals surface area (Å²) in [5.74, 6) is -0.891. The fourth-order valence-corrected chi connectivity index (χ4v) is 5.68. The van der Waals surface area contributed by atoms with Gasteiger partial charge in [0.05, 0.1) is 12.0 Å². The highest BCUT2D eigenvalue weighted by Gasteiger charge is 2.71. The maximum absolute atomic E-state index is 12.6. The van der Waals surface area contributed by atoms with Gasteiger partial charge in [-0.1, -0.05) is 53.5 Å². The van der Waals surface area contributed by atoms with E-state index in [0.717, 1.165) is 27.9 Å². The van der Waals surface area contributed by atoms with Gasteiger partial charge in [0.1, 0.15) is 28.8 Å². The van der Waals surface area contributed by atoms with E-state index in [1.54, 1.807) is 13.8 Å². The van der Waals surface area contributed by atoms with Crippen LogP contribution in [-0.4, -0.2) is 41.3 Å². The number of ether oxygens (including phenoxy) is 3. The van der Waals surface area contributed by atoms with Crippen LogP contribution in [0.25, 0.3) is 0 Å². The molecule has 0 aromatic carbocycles. The molecule has 0 amide bonds. The zero-order valence-corrected chi connectivity index (χ0v) is 23.2. The fourth-order valence-electron chi connectivity index (χ4n) is 5.68. The van der Waals surface area contributed by atoms with E-state index in [1.165, 1.54) is 0 Å². The van der Waals surface area contributed by atoms with Crippen LogP contribution in [0.3, 0.4) is 0 Å². The average molecular weight is 483 g/mol. The van der Waals surface area contributed by atoms with Crippen LogP contribution in [0, 0.1) is 11.3 Å². The second kappa shape index (κ2) is 9.33. The summed E-state index contributed by atoms with van der Waals surface area (Å²) in [4.78, 5) is 25.0. The molecule has 0 N–H and O–H groups in total. The van der Waals surface area contributed by atoms with Crippen LogP contribution in [0.5, 0.6) is 0 Å². The fraction of sp³-hybridized carbons (Fsp3) is 0.600. The predicted molar refractivity (Wildman–Crippen MR) is 139 cm³/mol. The van der Waals surface area contributed by atoms with Crippen molar-refractivity contribution >= 4 is 11.8 Å². The quantitative estimate of drug-likeness (QED) is 0.195. The van der Waals surface area contributed by atoms with Gasteiger partial charge in [-0.05, 0) is 80.9 Å². The number of esters is 1. The van der Waals surface area contributed by atoms with Gasteiger partial charge in [-0.3, -0.25) is 9.59 Å². The molecule has 0 aromatic heterocycles. The Morgan fingerprint density at radius 2 is 1.29 bits per heavy atom. The third-order valence-electron chi connectivity index (χ3n) is 7.61. The number of cyclic esters (lactones) is 1. The van der Waals surface area contributed by atoms with Gasteiger partial charge >= 0.3 is 5.97 Å². The number of hydrogen-bond acceptors (Lipinski definition) is 5. The van der Waals surface area contributed by atoms with E-state index in [2.05, 4.69) is 65.8 Å². The molecule has 0 unspecified atom stereocenters. The molecule has 5 heteroatoms. The number of ketones is 1. The number of epoxide rings is 1. The van der Waals surface area contributed by atoms with Crippen LogP contribution in [-0.2, 0) is 23.8 Å². The minimum absolute atomic E-state index is 0.0717. The lowest BCUT2D eigenvalue weighted by Crippen LogP contribution is -2.50. The minimum Gasteiger partial charge on any atom is -0.456 e. The molecule has 3 aliphatic heterocycles. The van der Waals surface area contributed by atoms with Crippen molar-refractivity contribution in [2.75, 3.05) is 0 Å². The van der Waals surface area contributed by atoms with E-state index in [1.807, 2.05) is 26.8 Å². The smallest absolute Gasteiger partial charge is 0.319 e. The van der Waals surface area contributed by atoms with Gasteiger partial charge in [0.25, 0.3) is 0 Å². The second-order valence-corrected chi connectivity index (χ2v) is 11.7. The lowest BCUT2D eigenvalue weighted by Gasteiger charge is -2.36. The number of hydrogen-bond donors (Lipinski definition) is 0. The molecular weight excluding hydrogens is 440 g/mol. The predicted octanol–water partition coefficient (Wildman–Crippen LogP) is 6.21. The number of allylic oxidation sites excluding steroid dienone is 8. The zero-order valence-electron chi connectivity index (χ0n) is 23.2. The van der Waals surface area contributed by atoms with Crippen molar-refractivity contribution < 1.29 is 23.8 Å². The monoisotopic (exact) mass is 482 g/mol. The average Bonchev–Trinajstić information content (AvgIpc) is 3.38. The van der Waals surface area contributed by atoms with Crippen molar-refractivity contribution in [3.05, 3.63) is 58.2 Å². The molecule has 192 valence electrons. The van der Waals surface area contributed by atoms with Crippen molar-refractivity contribution in [1.29, 1.82) is 0 Å². The Labute approximate surface area is 211 Å². The number of Topliss-reactive ketones (excluding diaryl/α,β-unsaturated/α-hetero) is 1. The zero-order chi connectivity index (χ0) is 26.5. The highest BCUT2D eigenvalue weighted by Crippen LogP contribution is 2.55. The number of carbonyl (C=O) groups is 2. The lowest BCUT2D eigenvalue weighted by molar-refractivity contribution is -0.174. The van der Waals surface area contributed by atoms with Crippen LogP contribution in [0.15, 0.2) is 58.2 Å². The Hall–Kier alpha value is -2.24. The van der Waals surface area contributed by atoms with E-state index >= 15 is 0 Å². The molecule has 3 aliphatic rings. The van der Waals surface area contributed by atoms with E-state index in [4.69, 9.17) is 14.2 Å². The van der Waals surface area contributed by atoms with Crippen molar-refractivity contribution in [1.82, 2.24) is 0 Å². The molecule has 0 radical (unpaired) electrons. The molecule has 3 heterocycles. The maximum Gasteiger partial charge on any atom is 0.319 e. The molecule has 6 atom stereocenters. The summed E-state index contributed by atoms with van der Waals surface area (Å²) >= 11 is 0. The molecule has 3 rings (SSSR count). The Morgan fingerprint density at radius 3 is 1.77 bits per heavy atom. The van der Waals surface area contributed by atoms with Crippen molar-refractivity contribution in [2.45, 2.75) is 106 Å². The lowest BCUT2D eigenvalue weighted by atomic mass is 9.76. The van der Waals surface area contributed by atoms with Gasteiger partial charge in [0, 0.05) is 0 Å². The van der Waals surface area contributed by atoms with Gasteiger partial charge in [-0.2, -0.15) is 0 Å². The normalized spacial score (nSPS) is 38.4. The molecule has 0 bridgehead atoms. The molecule has 0 spiro atoms. The van der Waals surface area contributed by atoms with Gasteiger partial charge < -0.3 is 14.2 Å². The van der Waals surface area contributed by atoms with Crippen molar-refractivity contribution in [3.63, 3.8) is 0 Å². The van der Waals surface area contributed by atoms with Crippen LogP contribution < -0.4 is 0 Å². The first-order valence-corrected chi connectivity index (χ1v) is 12.5. The molecule has 5 nitrogen and oxygen atoms in total. The summed E-state index contributed by atoms with van der Waals surface area (Å²) in [6.07, 6.45) is 10.2. The minimum atomic E-state index is -1.08. The second-order valence-electron chi connectivity index (χ2n) is 11.7. The highest BCUT2D eigenvalue weighted by molar-refractivity contribution is 6.06. The first kappa shape index (κ1) is 27.3. The highest BCUT2D eigenvalue weighted by atomic mass is 16.7. The van der Waals surface area contributed by atoms with Gasteiger partial charge in [0.15, 0.2) is 5.78 Å². The van der Waals surface area contributed by atoms with Gasteiger partial charge in [-0.25, -0.2) is 0 Å². The molecule has 0 aromatic rings. The molecule has 3 fully saturated rings. The summed E-state index contributed by atoms with van der Waals surface area (Å²) in [6.45, 7) is 21.5. The van der Waals surface area contributed by atoms with Crippen LogP contribution in [0.4, 0.5) is 0 Å². The number of carbonyl (C=O) groups excluding carboxylic acids is 2. The summed E-state index contributed by atoms with van der Waals surface area (Å²) < 4.78 is 17.8. The molecule has 0 saturated carbocycles. The van der Waals surface area contributed by atoms with Gasteiger partial charge in [-0.15, -0.1) is 0 Å². The number of rotatable bonds is 6. The first-order chi connectivity index (χ1) is 16.0. The Balaban J connectivity index is 1.70. The van der Waals surface area contributed by atoms with Crippen LogP contribution in [0.2, 0.25) is 0 Å². The number of fused-ring (bicyclic) bond motifs is 1. The molecule has 35 heavy (non-hydrogen) atoms. The van der Waals surface area contributed by atoms with Crippen molar-refractivity contribution in [3.8, 4) is 0 Å². The van der Waals surface area contributed by atoms with E-state index in [-0.39, 0.29) is 29.5 Å². The summed E-state index contributed by atoms with van der Waals surface area (Å²) in [7, 11) is 0.